The van der Waals surface area contributed by atoms with Crippen LogP contribution in [0.5, 0.6) is 5.75 Å². The predicted octanol–water partition coefficient (Wildman–Crippen LogP) is 3.55. The van der Waals surface area contributed by atoms with E-state index in [2.05, 4.69) is 15.3 Å². The van der Waals surface area contributed by atoms with Crippen molar-refractivity contribution in [2.45, 2.75) is 6.42 Å². The molecule has 0 amide bonds. The third-order valence-corrected chi connectivity index (χ3v) is 3.47. The minimum atomic E-state index is -1.33. The Kier molecular flexibility index (Phi) is 4.20. The molecule has 0 saturated heterocycles. The second-order valence-electron chi connectivity index (χ2n) is 5.06. The summed E-state index contributed by atoms with van der Waals surface area (Å²) >= 11 is 0. The molecule has 0 aliphatic heterocycles. The molecule has 124 valence electrons. The Morgan fingerprint density at radius 3 is 2.50 bits per heavy atom. The van der Waals surface area contributed by atoms with E-state index in [9.17, 15) is 17.6 Å². The maximum atomic E-state index is 13.9. The molecule has 0 atom stereocenters. The van der Waals surface area contributed by atoms with E-state index >= 15 is 0 Å². The summed E-state index contributed by atoms with van der Waals surface area (Å²) in [5.74, 6) is -4.84. The molecule has 0 saturated carbocycles. The molecule has 1 aromatic heterocycles. The van der Waals surface area contributed by atoms with Gasteiger partial charge in [0.2, 0.25) is 0 Å². The molecule has 3 rings (SSSR count). The maximum absolute atomic E-state index is 13.9. The Balaban J connectivity index is 1.84. The number of hydrogen-bond acceptors (Lipinski definition) is 4. The van der Waals surface area contributed by atoms with Gasteiger partial charge in [-0.15, -0.1) is 0 Å². The van der Waals surface area contributed by atoms with Gasteiger partial charge in [-0.05, 0) is 24.1 Å². The van der Waals surface area contributed by atoms with Crippen LogP contribution >= 0.6 is 0 Å². The van der Waals surface area contributed by atoms with E-state index in [-0.39, 0.29) is 23.3 Å². The van der Waals surface area contributed by atoms with Crippen molar-refractivity contribution in [3.05, 3.63) is 59.4 Å². The maximum Gasteiger partial charge on any atom is 0.172 e. The molecule has 0 spiro atoms. The number of aromatic nitrogens is 2. The monoisotopic (exact) mass is 337 g/mol. The average Bonchev–Trinajstić information content (AvgIpc) is 2.56. The van der Waals surface area contributed by atoms with Gasteiger partial charge in [-0.1, -0.05) is 6.07 Å². The van der Waals surface area contributed by atoms with Crippen LogP contribution in [0.25, 0.3) is 10.9 Å². The van der Waals surface area contributed by atoms with Crippen molar-refractivity contribution in [3.8, 4) is 5.75 Å². The van der Waals surface area contributed by atoms with Gasteiger partial charge in [0.1, 0.15) is 17.7 Å². The summed E-state index contributed by atoms with van der Waals surface area (Å²) in [5.41, 5.74) is 0.246. The van der Waals surface area contributed by atoms with Crippen LogP contribution in [0.15, 0.2) is 30.6 Å². The minimum absolute atomic E-state index is 0.0600. The summed E-state index contributed by atoms with van der Waals surface area (Å²) in [6.45, 7) is 0.202. The van der Waals surface area contributed by atoms with Crippen molar-refractivity contribution in [1.29, 1.82) is 0 Å². The van der Waals surface area contributed by atoms with Crippen molar-refractivity contribution >= 4 is 16.7 Å². The summed E-state index contributed by atoms with van der Waals surface area (Å²) in [6.07, 6.45) is 1.35. The fraction of sp³-hybridized carbons (Fsp3) is 0.125. The summed E-state index contributed by atoms with van der Waals surface area (Å²) in [6, 6.07) is 4.33. The van der Waals surface area contributed by atoms with Gasteiger partial charge in [0.05, 0.1) is 5.39 Å². The first-order valence-electron chi connectivity index (χ1n) is 6.97. The first-order chi connectivity index (χ1) is 11.5. The van der Waals surface area contributed by atoms with Crippen molar-refractivity contribution in [2.24, 2.45) is 0 Å². The number of phenolic OH excluding ortho intramolecular Hbond substituents is 1. The van der Waals surface area contributed by atoms with Crippen LogP contribution in [0.1, 0.15) is 5.56 Å². The van der Waals surface area contributed by atoms with Crippen molar-refractivity contribution in [2.75, 3.05) is 11.9 Å². The zero-order valence-electron chi connectivity index (χ0n) is 12.2. The number of phenols is 1. The van der Waals surface area contributed by atoms with Gasteiger partial charge in [-0.3, -0.25) is 0 Å². The smallest absolute Gasteiger partial charge is 0.172 e. The van der Waals surface area contributed by atoms with Gasteiger partial charge in [-0.2, -0.15) is 0 Å². The molecule has 0 radical (unpaired) electrons. The number of halogens is 4. The van der Waals surface area contributed by atoms with E-state index in [1.54, 1.807) is 0 Å². The number of fused-ring (bicyclic) bond motifs is 1. The van der Waals surface area contributed by atoms with E-state index in [1.165, 1.54) is 12.1 Å². The fourth-order valence-electron chi connectivity index (χ4n) is 2.30. The first-order valence-corrected chi connectivity index (χ1v) is 6.97. The lowest BCUT2D eigenvalue weighted by Crippen LogP contribution is -2.09. The second-order valence-corrected chi connectivity index (χ2v) is 5.06. The molecule has 24 heavy (non-hydrogen) atoms. The van der Waals surface area contributed by atoms with Crippen LogP contribution in [-0.4, -0.2) is 21.6 Å². The quantitative estimate of drug-likeness (QED) is 0.565. The predicted molar refractivity (Wildman–Crippen MR) is 79.7 cm³/mol. The van der Waals surface area contributed by atoms with Crippen molar-refractivity contribution < 1.29 is 22.7 Å². The highest BCUT2D eigenvalue weighted by Crippen LogP contribution is 2.27. The number of benzene rings is 2. The van der Waals surface area contributed by atoms with Crippen LogP contribution in [-0.2, 0) is 6.42 Å². The van der Waals surface area contributed by atoms with E-state index in [4.69, 9.17) is 5.11 Å². The van der Waals surface area contributed by atoms with Crippen LogP contribution in [0.3, 0.4) is 0 Å². The van der Waals surface area contributed by atoms with Crippen molar-refractivity contribution in [3.63, 3.8) is 0 Å². The average molecular weight is 337 g/mol. The van der Waals surface area contributed by atoms with E-state index in [1.807, 2.05) is 0 Å². The molecule has 8 heteroatoms. The molecule has 0 bridgehead atoms. The largest absolute Gasteiger partial charge is 0.505 e. The van der Waals surface area contributed by atoms with Crippen LogP contribution < -0.4 is 5.32 Å². The molecule has 3 aromatic rings. The number of rotatable bonds is 4. The Morgan fingerprint density at radius 2 is 1.75 bits per heavy atom. The lowest BCUT2D eigenvalue weighted by molar-refractivity contribution is 0.432. The molecule has 0 aliphatic rings. The molecule has 1 heterocycles. The molecule has 0 fully saturated rings. The molecule has 0 unspecified atom stereocenters. The first kappa shape index (κ1) is 16.0. The highest BCUT2D eigenvalue weighted by Gasteiger charge is 2.17. The van der Waals surface area contributed by atoms with Gasteiger partial charge >= 0.3 is 0 Å². The number of anilines is 1. The Morgan fingerprint density at radius 1 is 0.958 bits per heavy atom. The Bertz CT molecular complexity index is 917. The summed E-state index contributed by atoms with van der Waals surface area (Å²) in [4.78, 5) is 7.42. The third kappa shape index (κ3) is 2.94. The lowest BCUT2D eigenvalue weighted by atomic mass is 10.1. The van der Waals surface area contributed by atoms with Crippen LogP contribution in [0, 0.1) is 23.3 Å². The Labute approximate surface area is 133 Å². The lowest BCUT2D eigenvalue weighted by Gasteiger charge is -2.10. The number of aromatic hydroxyl groups is 1. The van der Waals surface area contributed by atoms with Gasteiger partial charge in [0, 0.05) is 12.6 Å². The molecule has 2 N–H and O–H groups in total. The number of nitrogens with one attached hydrogen (secondary N) is 1. The number of nitrogens with zero attached hydrogens (tertiary/aromatic N) is 2. The van der Waals surface area contributed by atoms with E-state index in [0.717, 1.165) is 12.4 Å². The fourth-order valence-corrected chi connectivity index (χ4v) is 2.30. The van der Waals surface area contributed by atoms with Crippen molar-refractivity contribution in [1.82, 2.24) is 9.97 Å². The molecular formula is C16H11F4N3O. The van der Waals surface area contributed by atoms with E-state index < -0.39 is 29.0 Å². The summed E-state index contributed by atoms with van der Waals surface area (Å²) in [7, 11) is 0. The van der Waals surface area contributed by atoms with E-state index in [0.29, 0.717) is 18.1 Å². The Hall–Kier alpha value is -2.90. The molecular weight excluding hydrogens is 326 g/mol. The van der Waals surface area contributed by atoms with Gasteiger partial charge in [0.25, 0.3) is 0 Å². The molecule has 2 aromatic carbocycles. The summed E-state index contributed by atoms with van der Waals surface area (Å²) in [5, 5.41) is 11.5. The standard InChI is InChI=1S/C16H11F4N3O/c17-9-5-8(1-2-12(9)24)3-4-21-16-13-14(20)10(18)6-11(19)15(13)22-7-23-16/h1-2,5-7,24H,3-4H2,(H,21,22,23). The minimum Gasteiger partial charge on any atom is -0.505 e. The number of hydrogen-bond donors (Lipinski definition) is 2. The van der Waals surface area contributed by atoms with Gasteiger partial charge in [-0.25, -0.2) is 27.5 Å². The van der Waals surface area contributed by atoms with Crippen LogP contribution in [0.4, 0.5) is 23.4 Å². The van der Waals surface area contributed by atoms with Gasteiger partial charge < -0.3 is 10.4 Å². The zero-order valence-corrected chi connectivity index (χ0v) is 12.2. The summed E-state index contributed by atoms with van der Waals surface area (Å²) < 4.78 is 54.3. The molecule has 0 aliphatic carbocycles. The van der Waals surface area contributed by atoms with Gasteiger partial charge in [0.15, 0.2) is 29.0 Å². The highest BCUT2D eigenvalue weighted by atomic mass is 19.2. The molecule has 4 nitrogen and oxygen atoms in total. The third-order valence-electron chi connectivity index (χ3n) is 3.47. The topological polar surface area (TPSA) is 58.0 Å². The highest BCUT2D eigenvalue weighted by molar-refractivity contribution is 5.89. The zero-order chi connectivity index (χ0) is 17.3. The normalized spacial score (nSPS) is 11.0. The SMILES string of the molecule is Oc1ccc(CCNc2ncnc3c(F)cc(F)c(F)c23)cc1F. The second kappa shape index (κ2) is 6.31. The van der Waals surface area contributed by atoms with Crippen LogP contribution in [0.2, 0.25) is 0 Å².